The Morgan fingerprint density at radius 2 is 1.06 bits per heavy atom. The van der Waals surface area contributed by atoms with Crippen LogP contribution in [-0.4, -0.2) is 4.98 Å². The molecule has 0 amide bonds. The van der Waals surface area contributed by atoms with Crippen LogP contribution in [0.5, 0.6) is 0 Å². The molecule has 0 spiro atoms. The Labute approximate surface area is 203 Å². The van der Waals surface area contributed by atoms with Crippen LogP contribution in [0.1, 0.15) is 0 Å². The molecule has 5 aromatic carbocycles. The van der Waals surface area contributed by atoms with Crippen molar-refractivity contribution in [3.05, 3.63) is 121 Å². The van der Waals surface area contributed by atoms with Crippen molar-refractivity contribution in [3.8, 4) is 22.3 Å². The molecule has 6 aromatic rings. The van der Waals surface area contributed by atoms with Crippen LogP contribution in [0, 0.1) is 0 Å². The van der Waals surface area contributed by atoms with Crippen LogP contribution < -0.4 is 15.9 Å². The van der Waals surface area contributed by atoms with Crippen molar-refractivity contribution in [2.24, 2.45) is 0 Å². The summed E-state index contributed by atoms with van der Waals surface area (Å²) >= 11 is 6.80. The topological polar surface area (TPSA) is 12.9 Å². The molecule has 1 aromatic heterocycles. The molecule has 160 valence electrons. The van der Waals surface area contributed by atoms with E-state index >= 15 is 0 Å². The molecule has 34 heavy (non-hydrogen) atoms. The Balaban J connectivity index is 1.80. The first-order valence-corrected chi connectivity index (χ1v) is 14.2. The zero-order valence-corrected chi connectivity index (χ0v) is 20.1. The van der Waals surface area contributed by atoms with Gasteiger partial charge in [0.1, 0.15) is 0 Å². The van der Waals surface area contributed by atoms with E-state index in [1.807, 2.05) is 12.3 Å². The third kappa shape index (κ3) is 2.61. The van der Waals surface area contributed by atoms with Gasteiger partial charge in [0, 0.05) is 39.4 Å². The second kappa shape index (κ2) is 7.46. The van der Waals surface area contributed by atoms with Crippen molar-refractivity contribution >= 4 is 55.4 Å². The Bertz CT molecular complexity index is 1680. The molecule has 0 saturated heterocycles. The van der Waals surface area contributed by atoms with Gasteiger partial charge in [0.2, 0.25) is 0 Å². The first-order chi connectivity index (χ1) is 16.8. The highest BCUT2D eigenvalue weighted by atomic mass is 32.4. The van der Waals surface area contributed by atoms with Crippen molar-refractivity contribution in [3.63, 3.8) is 0 Å². The molecule has 1 aliphatic heterocycles. The Morgan fingerprint density at radius 1 is 0.500 bits per heavy atom. The molecule has 7 rings (SSSR count). The van der Waals surface area contributed by atoms with Crippen molar-refractivity contribution in [1.29, 1.82) is 0 Å². The molecule has 0 fully saturated rings. The van der Waals surface area contributed by atoms with Crippen LogP contribution >= 0.6 is 6.04 Å². The van der Waals surface area contributed by atoms with Gasteiger partial charge in [0.05, 0.1) is 5.52 Å². The van der Waals surface area contributed by atoms with Crippen molar-refractivity contribution < 1.29 is 0 Å². The third-order valence-corrected chi connectivity index (χ3v) is 11.9. The van der Waals surface area contributed by atoms with E-state index in [-0.39, 0.29) is 0 Å². The molecule has 1 aliphatic rings. The van der Waals surface area contributed by atoms with Crippen LogP contribution in [0.15, 0.2) is 121 Å². The molecule has 1 nitrogen and oxygen atoms in total. The molecule has 0 N–H and O–H groups in total. The number of fused-ring (bicyclic) bond motifs is 10. The van der Waals surface area contributed by atoms with Gasteiger partial charge in [-0.25, -0.2) is 0 Å². The van der Waals surface area contributed by atoms with Crippen molar-refractivity contribution in [1.82, 2.24) is 4.98 Å². The summed E-state index contributed by atoms with van der Waals surface area (Å²) in [5, 5.41) is 7.37. The average Bonchev–Trinajstić information content (AvgIpc) is 3.02. The maximum atomic E-state index is 6.80. The zero-order valence-electron chi connectivity index (χ0n) is 18.3. The second-order valence-electron chi connectivity index (χ2n) is 8.67. The number of hydrogen-bond acceptors (Lipinski definition) is 2. The number of aromatic nitrogens is 1. The van der Waals surface area contributed by atoms with Crippen LogP contribution in [-0.2, 0) is 11.8 Å². The Morgan fingerprint density at radius 3 is 1.79 bits per heavy atom. The lowest BCUT2D eigenvalue weighted by Crippen LogP contribution is -2.25. The quantitative estimate of drug-likeness (QED) is 0.194. The highest BCUT2D eigenvalue weighted by molar-refractivity contribution is 8.25. The molecular weight excluding hydrogens is 449 g/mol. The smallest absolute Gasteiger partial charge is 0.0793 e. The summed E-state index contributed by atoms with van der Waals surface area (Å²) in [6, 6.07) is 38.9. The number of rotatable bonds is 1. The lowest BCUT2D eigenvalue weighted by Gasteiger charge is -2.26. The fourth-order valence-electron chi connectivity index (χ4n) is 5.52. The highest BCUT2D eigenvalue weighted by Crippen LogP contribution is 2.54. The molecule has 0 saturated carbocycles. The van der Waals surface area contributed by atoms with Crippen molar-refractivity contribution in [2.45, 2.75) is 0 Å². The summed E-state index contributed by atoms with van der Waals surface area (Å²) in [4.78, 5) is 4.96. The minimum Gasteiger partial charge on any atom is -0.256 e. The fourth-order valence-corrected chi connectivity index (χ4v) is 9.89. The van der Waals surface area contributed by atoms with Crippen LogP contribution in [0.3, 0.4) is 0 Å². The molecule has 1 unspecified atom stereocenters. The van der Waals surface area contributed by atoms with E-state index in [9.17, 15) is 0 Å². The summed E-state index contributed by atoms with van der Waals surface area (Å²) < 4.78 is 0. The minimum absolute atomic E-state index is 1.04. The SMILES string of the molecule is S=P1(c2ccccc2)c2ccccc2-c2c(c3ncccc3c3ccccc23)-c2ccccc21. The first-order valence-electron chi connectivity index (χ1n) is 11.4. The van der Waals surface area contributed by atoms with E-state index in [0.29, 0.717) is 0 Å². The fraction of sp³-hybridized carbons (Fsp3) is 0. The van der Waals surface area contributed by atoms with E-state index in [2.05, 4.69) is 109 Å². The Kier molecular flexibility index (Phi) is 4.36. The maximum absolute atomic E-state index is 6.80. The minimum atomic E-state index is -2.32. The largest absolute Gasteiger partial charge is 0.256 e. The van der Waals surface area contributed by atoms with E-state index in [0.717, 1.165) is 5.52 Å². The molecule has 0 radical (unpaired) electrons. The van der Waals surface area contributed by atoms with Gasteiger partial charge in [-0.2, -0.15) is 0 Å². The van der Waals surface area contributed by atoms with Gasteiger partial charge in [-0.05, 0) is 33.3 Å². The Hall–Kier alpha value is -3.58. The monoisotopic (exact) mass is 469 g/mol. The first kappa shape index (κ1) is 19.9. The third-order valence-electron chi connectivity index (χ3n) is 6.93. The molecule has 0 aliphatic carbocycles. The van der Waals surface area contributed by atoms with Crippen LogP contribution in [0.2, 0.25) is 0 Å². The summed E-state index contributed by atoms with van der Waals surface area (Å²) in [7, 11) is 0. The predicted octanol–water partition coefficient (Wildman–Crippen LogP) is 6.79. The lowest BCUT2D eigenvalue weighted by molar-refractivity contribution is 1.42. The molecular formula is C31H20NPS. The number of hydrogen-bond donors (Lipinski definition) is 0. The van der Waals surface area contributed by atoms with Gasteiger partial charge in [-0.3, -0.25) is 4.98 Å². The zero-order chi connectivity index (χ0) is 22.7. The van der Waals surface area contributed by atoms with Gasteiger partial charge in [0.25, 0.3) is 0 Å². The van der Waals surface area contributed by atoms with Gasteiger partial charge in [-0.1, -0.05) is 121 Å². The number of pyridine rings is 1. The van der Waals surface area contributed by atoms with E-state index < -0.39 is 6.04 Å². The van der Waals surface area contributed by atoms with Gasteiger partial charge >= 0.3 is 0 Å². The van der Waals surface area contributed by atoms with Gasteiger partial charge in [-0.15, -0.1) is 0 Å². The normalized spacial score (nSPS) is 16.5. The molecule has 0 bridgehead atoms. The van der Waals surface area contributed by atoms with Crippen molar-refractivity contribution in [2.75, 3.05) is 0 Å². The average molecular weight is 470 g/mol. The summed E-state index contributed by atoms with van der Waals surface area (Å²) in [6.45, 7) is 0. The predicted molar refractivity (Wildman–Crippen MR) is 150 cm³/mol. The summed E-state index contributed by atoms with van der Waals surface area (Å²) in [5.41, 5.74) is 5.91. The summed E-state index contributed by atoms with van der Waals surface area (Å²) in [6.07, 6.45) is 1.91. The molecule has 2 heterocycles. The van der Waals surface area contributed by atoms with E-state index in [1.165, 1.54) is 54.3 Å². The maximum Gasteiger partial charge on any atom is 0.0793 e. The standard InChI is InChI=1S/C31H20NPS/c34-33(21-11-2-1-3-12-21)27-18-8-6-15-25(27)29-23-14-5-4-13-22(23)24-17-10-20-32-31(24)30(29)26-16-7-9-19-28(26)33/h1-20H. The van der Waals surface area contributed by atoms with Crippen LogP contribution in [0.4, 0.5) is 0 Å². The highest BCUT2D eigenvalue weighted by Gasteiger charge is 2.35. The van der Waals surface area contributed by atoms with Gasteiger partial charge in [0.15, 0.2) is 0 Å². The number of nitrogens with zero attached hydrogens (tertiary/aromatic N) is 1. The molecule has 1 atom stereocenters. The lowest BCUT2D eigenvalue weighted by atomic mass is 9.87. The van der Waals surface area contributed by atoms with Gasteiger partial charge < -0.3 is 0 Å². The van der Waals surface area contributed by atoms with E-state index in [1.54, 1.807) is 0 Å². The van der Waals surface area contributed by atoms with E-state index in [4.69, 9.17) is 16.8 Å². The van der Waals surface area contributed by atoms with Crippen LogP contribution in [0.25, 0.3) is 43.9 Å². The number of benzene rings is 5. The molecule has 3 heteroatoms. The summed E-state index contributed by atoms with van der Waals surface area (Å²) in [5.74, 6) is 0. The second-order valence-corrected chi connectivity index (χ2v) is 13.0.